The van der Waals surface area contributed by atoms with Gasteiger partial charge in [0, 0.05) is 17.7 Å². The fraction of sp³-hybridized carbons (Fsp3) is 0.179. The van der Waals surface area contributed by atoms with E-state index in [1.807, 2.05) is 95.9 Å². The molecule has 1 aliphatic rings. The van der Waals surface area contributed by atoms with Crippen LogP contribution >= 0.6 is 11.8 Å². The highest BCUT2D eigenvalue weighted by Crippen LogP contribution is 2.41. The maximum atomic E-state index is 13.3. The molecule has 1 N–H and O–H groups in total. The van der Waals surface area contributed by atoms with E-state index in [0.29, 0.717) is 24.7 Å². The first-order valence-electron chi connectivity index (χ1n) is 11.2. The molecule has 0 bridgehead atoms. The lowest BCUT2D eigenvalue weighted by molar-refractivity contribution is 0.214. The number of nitrogens with one attached hydrogen (secondary N) is 1. The van der Waals surface area contributed by atoms with Crippen molar-refractivity contribution in [2.24, 2.45) is 0 Å². The zero-order valence-corrected chi connectivity index (χ0v) is 19.8. The van der Waals surface area contributed by atoms with Gasteiger partial charge in [0.25, 0.3) is 0 Å². The molecule has 1 fully saturated rings. The third-order valence-electron chi connectivity index (χ3n) is 5.89. The Bertz CT molecular complexity index is 1290. The van der Waals surface area contributed by atoms with Crippen molar-refractivity contribution < 1.29 is 14.3 Å². The van der Waals surface area contributed by atoms with Crippen molar-refractivity contribution in [3.8, 4) is 11.5 Å². The van der Waals surface area contributed by atoms with E-state index in [2.05, 4.69) is 5.32 Å². The lowest BCUT2D eigenvalue weighted by Crippen LogP contribution is -2.34. The Balaban J connectivity index is 1.36. The predicted octanol–water partition coefficient (Wildman–Crippen LogP) is 6.71. The number of ether oxygens (including phenoxy) is 2. The van der Waals surface area contributed by atoms with Gasteiger partial charge in [0.05, 0.1) is 12.8 Å². The summed E-state index contributed by atoms with van der Waals surface area (Å²) < 4.78 is 11.6. The van der Waals surface area contributed by atoms with Crippen LogP contribution in [0.25, 0.3) is 10.8 Å². The lowest BCUT2D eigenvalue weighted by atomic mass is 10.1. The van der Waals surface area contributed by atoms with Crippen molar-refractivity contribution in [1.82, 2.24) is 4.90 Å². The van der Waals surface area contributed by atoms with Crippen LogP contribution in [0, 0.1) is 0 Å². The molecule has 0 spiro atoms. The minimum absolute atomic E-state index is 0.0973. The van der Waals surface area contributed by atoms with Crippen LogP contribution in [0.3, 0.4) is 0 Å². The van der Waals surface area contributed by atoms with Crippen LogP contribution in [0.1, 0.15) is 16.5 Å². The summed E-state index contributed by atoms with van der Waals surface area (Å²) in [5.41, 5.74) is 2.92. The smallest absolute Gasteiger partial charge is 0.323 e. The van der Waals surface area contributed by atoms with Gasteiger partial charge in [-0.15, -0.1) is 11.8 Å². The number of rotatable bonds is 6. The molecule has 1 heterocycles. The van der Waals surface area contributed by atoms with Crippen LogP contribution < -0.4 is 14.8 Å². The van der Waals surface area contributed by atoms with E-state index >= 15 is 0 Å². The second kappa shape index (κ2) is 10.1. The molecule has 5 nitrogen and oxygen atoms in total. The summed E-state index contributed by atoms with van der Waals surface area (Å²) in [6.45, 7) is 1.13. The number of carbonyl (C=O) groups excluding carboxylic acids is 1. The Morgan fingerprint density at radius 2 is 1.76 bits per heavy atom. The van der Waals surface area contributed by atoms with Crippen LogP contribution in [0.2, 0.25) is 0 Å². The highest BCUT2D eigenvalue weighted by Gasteiger charge is 2.31. The normalized spacial score (nSPS) is 15.3. The van der Waals surface area contributed by atoms with E-state index in [-0.39, 0.29) is 11.4 Å². The van der Waals surface area contributed by atoms with E-state index in [1.54, 1.807) is 18.9 Å². The number of carbonyl (C=O) groups is 1. The number of methoxy groups -OCH3 is 1. The molecule has 0 aliphatic carbocycles. The van der Waals surface area contributed by atoms with Crippen molar-refractivity contribution in [2.75, 3.05) is 24.7 Å². The molecule has 0 saturated carbocycles. The van der Waals surface area contributed by atoms with Gasteiger partial charge in [0.1, 0.15) is 12.0 Å². The number of nitrogens with zero attached hydrogens (tertiary/aromatic N) is 1. The first-order chi connectivity index (χ1) is 16.7. The van der Waals surface area contributed by atoms with Gasteiger partial charge in [-0.1, -0.05) is 72.8 Å². The molecular weight excluding hydrogens is 444 g/mol. The standard InChI is InChI=1S/C28H26N2O3S/c1-32-25-15-14-22(18-26(25)33-19-20-8-3-2-4-9-20)27-30(16-17-34-27)28(31)29-24-13-7-11-21-10-5-6-12-23(21)24/h2-15,18,27H,16-17,19H2,1H3,(H,29,31). The molecule has 172 valence electrons. The number of amides is 2. The van der Waals surface area contributed by atoms with Crippen molar-refractivity contribution >= 4 is 34.3 Å². The van der Waals surface area contributed by atoms with Crippen LogP contribution in [-0.4, -0.2) is 30.3 Å². The van der Waals surface area contributed by atoms with Crippen molar-refractivity contribution in [2.45, 2.75) is 12.0 Å². The first kappa shape index (κ1) is 22.2. The first-order valence-corrected chi connectivity index (χ1v) is 12.3. The lowest BCUT2D eigenvalue weighted by Gasteiger charge is -2.25. The number of thioether (sulfide) groups is 1. The van der Waals surface area contributed by atoms with E-state index in [9.17, 15) is 4.79 Å². The number of hydrogen-bond donors (Lipinski definition) is 1. The van der Waals surface area contributed by atoms with Gasteiger partial charge in [-0.25, -0.2) is 4.79 Å². The SMILES string of the molecule is COc1ccc(C2SCCN2C(=O)Nc2cccc3ccccc23)cc1OCc1ccccc1. The van der Waals surface area contributed by atoms with Gasteiger partial charge in [-0.2, -0.15) is 0 Å². The second-order valence-electron chi connectivity index (χ2n) is 8.06. The van der Waals surface area contributed by atoms with Crippen LogP contribution in [0.4, 0.5) is 10.5 Å². The number of fused-ring (bicyclic) bond motifs is 1. The van der Waals surface area contributed by atoms with Crippen molar-refractivity contribution in [3.63, 3.8) is 0 Å². The summed E-state index contributed by atoms with van der Waals surface area (Å²) in [6.07, 6.45) is 0. The van der Waals surface area contributed by atoms with E-state index in [0.717, 1.165) is 33.3 Å². The van der Waals surface area contributed by atoms with E-state index in [4.69, 9.17) is 9.47 Å². The van der Waals surface area contributed by atoms with Gasteiger partial charge in [-0.05, 0) is 34.7 Å². The van der Waals surface area contributed by atoms with Gasteiger partial charge in [0.2, 0.25) is 0 Å². The van der Waals surface area contributed by atoms with Crippen molar-refractivity contribution in [1.29, 1.82) is 0 Å². The zero-order chi connectivity index (χ0) is 23.3. The summed E-state index contributed by atoms with van der Waals surface area (Å²) in [7, 11) is 1.64. The number of benzene rings is 4. The molecule has 6 heteroatoms. The highest BCUT2D eigenvalue weighted by molar-refractivity contribution is 7.99. The van der Waals surface area contributed by atoms with Crippen LogP contribution in [-0.2, 0) is 6.61 Å². The molecule has 5 rings (SSSR count). The van der Waals surface area contributed by atoms with Gasteiger partial charge in [0.15, 0.2) is 11.5 Å². The molecule has 4 aromatic carbocycles. The largest absolute Gasteiger partial charge is 0.493 e. The van der Waals surface area contributed by atoms with Crippen molar-refractivity contribution in [3.05, 3.63) is 102 Å². The fourth-order valence-corrected chi connectivity index (χ4v) is 5.42. The summed E-state index contributed by atoms with van der Waals surface area (Å²) in [5, 5.41) is 5.16. The number of anilines is 1. The molecule has 34 heavy (non-hydrogen) atoms. The maximum absolute atomic E-state index is 13.3. The topological polar surface area (TPSA) is 50.8 Å². The second-order valence-corrected chi connectivity index (χ2v) is 9.25. The summed E-state index contributed by atoms with van der Waals surface area (Å²) in [4.78, 5) is 15.2. The van der Waals surface area contributed by atoms with Gasteiger partial charge in [-0.3, -0.25) is 0 Å². The minimum Gasteiger partial charge on any atom is -0.493 e. The Labute approximate surface area is 203 Å². The van der Waals surface area contributed by atoms with Crippen LogP contribution in [0.5, 0.6) is 11.5 Å². The monoisotopic (exact) mass is 470 g/mol. The number of urea groups is 1. The fourth-order valence-electron chi connectivity index (χ4n) is 4.17. The summed E-state index contributed by atoms with van der Waals surface area (Å²) in [6, 6.07) is 29.9. The molecule has 1 atom stereocenters. The average molecular weight is 471 g/mol. The zero-order valence-electron chi connectivity index (χ0n) is 18.9. The maximum Gasteiger partial charge on any atom is 0.323 e. The van der Waals surface area contributed by atoms with Gasteiger partial charge < -0.3 is 19.7 Å². The van der Waals surface area contributed by atoms with E-state index in [1.165, 1.54) is 0 Å². The molecule has 1 saturated heterocycles. The third-order valence-corrected chi connectivity index (χ3v) is 7.15. The summed E-state index contributed by atoms with van der Waals surface area (Å²) >= 11 is 1.75. The minimum atomic E-state index is -0.103. The van der Waals surface area contributed by atoms with Gasteiger partial charge >= 0.3 is 6.03 Å². The Morgan fingerprint density at radius 3 is 2.62 bits per heavy atom. The Morgan fingerprint density at radius 1 is 0.971 bits per heavy atom. The highest BCUT2D eigenvalue weighted by atomic mass is 32.2. The molecule has 1 aliphatic heterocycles. The predicted molar refractivity (Wildman–Crippen MR) is 139 cm³/mol. The number of hydrogen-bond acceptors (Lipinski definition) is 4. The molecule has 0 radical (unpaired) electrons. The molecular formula is C28H26N2O3S. The summed E-state index contributed by atoms with van der Waals surface area (Å²) in [5.74, 6) is 2.22. The quantitative estimate of drug-likeness (QED) is 0.340. The molecule has 1 unspecified atom stereocenters. The third kappa shape index (κ3) is 4.68. The Hall–Kier alpha value is -3.64. The molecule has 0 aromatic heterocycles. The van der Waals surface area contributed by atoms with E-state index < -0.39 is 0 Å². The van der Waals surface area contributed by atoms with Crippen LogP contribution in [0.15, 0.2) is 91.0 Å². The Kier molecular flexibility index (Phi) is 6.58. The average Bonchev–Trinajstić information content (AvgIpc) is 3.38. The molecule has 4 aromatic rings. The molecule has 2 amide bonds.